The molecule has 2 heteroatoms. The van der Waals surface area contributed by atoms with Crippen molar-refractivity contribution in [3.05, 3.63) is 72.4 Å². The zero-order valence-electron chi connectivity index (χ0n) is 11.3. The lowest BCUT2D eigenvalue weighted by Gasteiger charge is -2.10. The van der Waals surface area contributed by atoms with E-state index in [9.17, 15) is 5.26 Å². The third-order valence-electron chi connectivity index (χ3n) is 3.90. The number of nitrogens with zero attached hydrogens (tertiary/aromatic N) is 1. The Labute approximate surface area is 122 Å². The van der Waals surface area contributed by atoms with Crippen LogP contribution in [0.25, 0.3) is 32.8 Å². The zero-order chi connectivity index (χ0) is 14.2. The van der Waals surface area contributed by atoms with Crippen LogP contribution in [0.5, 0.6) is 0 Å². The molecule has 0 unspecified atom stereocenters. The molecule has 0 amide bonds. The second-order valence-electron chi connectivity index (χ2n) is 5.07. The van der Waals surface area contributed by atoms with Crippen molar-refractivity contribution in [1.29, 1.82) is 5.26 Å². The molecule has 0 atom stereocenters. The van der Waals surface area contributed by atoms with Gasteiger partial charge in [-0.2, -0.15) is 5.26 Å². The van der Waals surface area contributed by atoms with Crippen LogP contribution in [0.2, 0.25) is 0 Å². The summed E-state index contributed by atoms with van der Waals surface area (Å²) in [5.74, 6) is 0. The van der Waals surface area contributed by atoms with Gasteiger partial charge in [0.15, 0.2) is 0 Å². The molecule has 0 radical (unpaired) electrons. The number of hydrogen-bond donors (Lipinski definition) is 1. The minimum atomic E-state index is 0.676. The first-order valence-corrected chi connectivity index (χ1v) is 6.87. The van der Waals surface area contributed by atoms with Gasteiger partial charge >= 0.3 is 0 Å². The van der Waals surface area contributed by atoms with E-state index in [1.54, 1.807) is 0 Å². The van der Waals surface area contributed by atoms with Gasteiger partial charge in [-0.15, -0.1) is 0 Å². The molecule has 98 valence electrons. The van der Waals surface area contributed by atoms with Crippen LogP contribution >= 0.6 is 0 Å². The Bertz CT molecular complexity index is 1000. The second-order valence-corrected chi connectivity index (χ2v) is 5.07. The molecule has 2 nitrogen and oxygen atoms in total. The molecule has 4 rings (SSSR count). The van der Waals surface area contributed by atoms with E-state index in [1.807, 2.05) is 24.4 Å². The Morgan fingerprint density at radius 2 is 1.52 bits per heavy atom. The molecular weight excluding hydrogens is 256 g/mol. The summed E-state index contributed by atoms with van der Waals surface area (Å²) in [6, 6.07) is 22.9. The van der Waals surface area contributed by atoms with E-state index in [0.29, 0.717) is 5.56 Å². The predicted molar refractivity (Wildman–Crippen MR) is 86.0 cm³/mol. The summed E-state index contributed by atoms with van der Waals surface area (Å²) >= 11 is 0. The van der Waals surface area contributed by atoms with Crippen LogP contribution in [0.1, 0.15) is 5.56 Å². The van der Waals surface area contributed by atoms with E-state index in [1.165, 1.54) is 16.2 Å². The van der Waals surface area contributed by atoms with Crippen LogP contribution in [0, 0.1) is 11.3 Å². The van der Waals surface area contributed by atoms with Gasteiger partial charge in [-0.25, -0.2) is 0 Å². The number of nitriles is 1. The van der Waals surface area contributed by atoms with Crippen molar-refractivity contribution in [3.8, 4) is 17.3 Å². The van der Waals surface area contributed by atoms with E-state index < -0.39 is 0 Å². The molecule has 0 saturated heterocycles. The molecule has 0 aliphatic carbocycles. The fourth-order valence-corrected chi connectivity index (χ4v) is 2.95. The summed E-state index contributed by atoms with van der Waals surface area (Å²) < 4.78 is 0. The number of H-pyrrole nitrogens is 1. The van der Waals surface area contributed by atoms with Crippen LogP contribution in [0.4, 0.5) is 0 Å². The lowest BCUT2D eigenvalue weighted by molar-refractivity contribution is 1.40. The van der Waals surface area contributed by atoms with Crippen molar-refractivity contribution in [2.75, 3.05) is 0 Å². The van der Waals surface area contributed by atoms with E-state index in [2.05, 4.69) is 53.5 Å². The quantitative estimate of drug-likeness (QED) is 0.492. The van der Waals surface area contributed by atoms with E-state index in [0.717, 1.165) is 16.6 Å². The highest BCUT2D eigenvalue weighted by molar-refractivity contribution is 6.13. The van der Waals surface area contributed by atoms with Crippen LogP contribution in [-0.4, -0.2) is 4.98 Å². The maximum Gasteiger partial charge on any atom is 0.101 e. The van der Waals surface area contributed by atoms with Crippen LogP contribution in [0.15, 0.2) is 66.9 Å². The molecule has 0 saturated carbocycles. The van der Waals surface area contributed by atoms with Crippen molar-refractivity contribution in [3.63, 3.8) is 0 Å². The molecule has 4 aromatic rings. The average Bonchev–Trinajstić information content (AvgIpc) is 3.02. The summed E-state index contributed by atoms with van der Waals surface area (Å²) in [6.07, 6.45) is 1.82. The van der Waals surface area contributed by atoms with Gasteiger partial charge in [0, 0.05) is 11.8 Å². The molecule has 0 aliphatic heterocycles. The Morgan fingerprint density at radius 1 is 0.810 bits per heavy atom. The number of aromatic nitrogens is 1. The maximum absolute atomic E-state index is 9.28. The highest BCUT2D eigenvalue weighted by Gasteiger charge is 2.11. The third-order valence-corrected chi connectivity index (χ3v) is 3.90. The highest BCUT2D eigenvalue weighted by atomic mass is 14.7. The number of hydrogen-bond acceptors (Lipinski definition) is 1. The van der Waals surface area contributed by atoms with E-state index >= 15 is 0 Å². The SMILES string of the molecule is N#Cc1cc[nH]c1-c1cc2ccccc2c2ccccc12. The lowest BCUT2D eigenvalue weighted by Crippen LogP contribution is -1.86. The Hall–Kier alpha value is -3.05. The summed E-state index contributed by atoms with van der Waals surface area (Å²) in [4.78, 5) is 3.21. The highest BCUT2D eigenvalue weighted by Crippen LogP contribution is 2.35. The topological polar surface area (TPSA) is 39.6 Å². The standard InChI is InChI=1S/C19H12N2/c20-12-14-9-10-21-19(14)18-11-13-5-1-2-6-15(13)16-7-3-4-8-17(16)18/h1-11,21H. The Kier molecular flexibility index (Phi) is 2.52. The van der Waals surface area contributed by atoms with Gasteiger partial charge in [0.2, 0.25) is 0 Å². The summed E-state index contributed by atoms with van der Waals surface area (Å²) in [7, 11) is 0. The Morgan fingerprint density at radius 3 is 2.33 bits per heavy atom. The van der Waals surface area contributed by atoms with Gasteiger partial charge in [0.25, 0.3) is 0 Å². The lowest BCUT2D eigenvalue weighted by atomic mass is 9.95. The van der Waals surface area contributed by atoms with Gasteiger partial charge in [-0.3, -0.25) is 0 Å². The minimum Gasteiger partial charge on any atom is -0.360 e. The zero-order valence-corrected chi connectivity index (χ0v) is 11.3. The molecule has 0 fully saturated rings. The minimum absolute atomic E-state index is 0.676. The van der Waals surface area contributed by atoms with Crippen LogP contribution in [-0.2, 0) is 0 Å². The van der Waals surface area contributed by atoms with E-state index in [4.69, 9.17) is 0 Å². The normalized spacial score (nSPS) is 10.8. The number of aromatic amines is 1. The van der Waals surface area contributed by atoms with Crippen molar-refractivity contribution in [2.45, 2.75) is 0 Å². The van der Waals surface area contributed by atoms with Crippen molar-refractivity contribution < 1.29 is 0 Å². The molecule has 21 heavy (non-hydrogen) atoms. The molecule has 0 bridgehead atoms. The summed E-state index contributed by atoms with van der Waals surface area (Å²) in [5.41, 5.74) is 2.64. The molecule has 0 spiro atoms. The number of nitrogens with one attached hydrogen (secondary N) is 1. The summed E-state index contributed by atoms with van der Waals surface area (Å²) in [6.45, 7) is 0. The van der Waals surface area contributed by atoms with Crippen LogP contribution < -0.4 is 0 Å². The number of rotatable bonds is 1. The molecule has 0 aliphatic rings. The number of benzene rings is 3. The van der Waals surface area contributed by atoms with Crippen molar-refractivity contribution in [1.82, 2.24) is 4.98 Å². The van der Waals surface area contributed by atoms with E-state index in [-0.39, 0.29) is 0 Å². The first-order chi connectivity index (χ1) is 10.4. The summed E-state index contributed by atoms with van der Waals surface area (Å²) in [5, 5.41) is 14.1. The van der Waals surface area contributed by atoms with Gasteiger partial charge in [0.05, 0.1) is 11.3 Å². The molecule has 1 N–H and O–H groups in total. The number of fused-ring (bicyclic) bond motifs is 3. The third kappa shape index (κ3) is 1.72. The largest absolute Gasteiger partial charge is 0.360 e. The average molecular weight is 268 g/mol. The molecule has 3 aromatic carbocycles. The van der Waals surface area contributed by atoms with Crippen molar-refractivity contribution in [2.24, 2.45) is 0 Å². The van der Waals surface area contributed by atoms with Gasteiger partial charge in [-0.1, -0.05) is 48.5 Å². The van der Waals surface area contributed by atoms with Gasteiger partial charge in [0.1, 0.15) is 6.07 Å². The smallest absolute Gasteiger partial charge is 0.101 e. The van der Waals surface area contributed by atoms with Crippen molar-refractivity contribution >= 4 is 21.5 Å². The fraction of sp³-hybridized carbons (Fsp3) is 0. The van der Waals surface area contributed by atoms with Gasteiger partial charge in [-0.05, 0) is 33.7 Å². The van der Waals surface area contributed by atoms with Crippen LogP contribution in [0.3, 0.4) is 0 Å². The maximum atomic E-state index is 9.28. The fourth-order valence-electron chi connectivity index (χ4n) is 2.95. The van der Waals surface area contributed by atoms with Gasteiger partial charge < -0.3 is 4.98 Å². The monoisotopic (exact) mass is 268 g/mol. The molecular formula is C19H12N2. The first-order valence-electron chi connectivity index (χ1n) is 6.87. The Balaban J connectivity index is 2.20. The molecule has 1 aromatic heterocycles. The second kappa shape index (κ2) is 4.50. The first kappa shape index (κ1) is 11.7. The predicted octanol–water partition coefficient (Wildman–Crippen LogP) is 4.86. The molecule has 1 heterocycles.